The van der Waals surface area contributed by atoms with Gasteiger partial charge in [-0.1, -0.05) is 12.5 Å². The van der Waals surface area contributed by atoms with Crippen molar-refractivity contribution in [2.24, 2.45) is 5.92 Å². The summed E-state index contributed by atoms with van der Waals surface area (Å²) in [6, 6.07) is 0. The maximum Gasteiger partial charge on any atom is 0.0193 e. The van der Waals surface area contributed by atoms with Gasteiger partial charge >= 0.3 is 0 Å². The summed E-state index contributed by atoms with van der Waals surface area (Å²) in [5.41, 5.74) is 3.24. The van der Waals surface area contributed by atoms with Crippen molar-refractivity contribution >= 4 is 0 Å². The average molecular weight is 194 g/mol. The second-order valence-electron chi connectivity index (χ2n) is 4.76. The lowest BCUT2D eigenvalue weighted by Crippen LogP contribution is -2.37. The fourth-order valence-electron chi connectivity index (χ4n) is 1.97. The molecule has 0 aromatic heterocycles. The van der Waals surface area contributed by atoms with Crippen LogP contribution >= 0.6 is 0 Å². The molecular weight excluding hydrogens is 172 g/mol. The third-order valence-electron chi connectivity index (χ3n) is 3.40. The van der Waals surface area contributed by atoms with Crippen molar-refractivity contribution in [2.45, 2.75) is 26.7 Å². The number of hydrogen-bond acceptors (Lipinski definition) is 2. The largest absolute Gasteiger partial charge is 0.309 e. The van der Waals surface area contributed by atoms with Gasteiger partial charge in [-0.25, -0.2) is 0 Å². The Balaban J connectivity index is 1.80. The van der Waals surface area contributed by atoms with E-state index in [0.29, 0.717) is 0 Å². The van der Waals surface area contributed by atoms with Gasteiger partial charge < -0.3 is 5.32 Å². The van der Waals surface area contributed by atoms with E-state index in [4.69, 9.17) is 0 Å². The van der Waals surface area contributed by atoms with E-state index in [9.17, 15) is 0 Å². The first-order valence-electron chi connectivity index (χ1n) is 5.90. The molecule has 1 aliphatic carbocycles. The van der Waals surface area contributed by atoms with Crippen LogP contribution in [0.5, 0.6) is 0 Å². The van der Waals surface area contributed by atoms with Crippen molar-refractivity contribution < 1.29 is 0 Å². The Kier molecular flexibility index (Phi) is 3.24. The van der Waals surface area contributed by atoms with E-state index in [1.807, 2.05) is 0 Å². The minimum Gasteiger partial charge on any atom is -0.309 e. The second-order valence-corrected chi connectivity index (χ2v) is 4.76. The molecule has 2 nitrogen and oxygen atoms in total. The van der Waals surface area contributed by atoms with Crippen molar-refractivity contribution in [1.29, 1.82) is 0 Å². The minimum absolute atomic E-state index is 1.02. The topological polar surface area (TPSA) is 15.3 Å². The maximum absolute atomic E-state index is 3.31. The van der Waals surface area contributed by atoms with Crippen molar-refractivity contribution in [2.75, 3.05) is 32.7 Å². The Labute approximate surface area is 87.4 Å². The molecule has 2 heteroatoms. The summed E-state index contributed by atoms with van der Waals surface area (Å²) in [6.07, 6.45) is 2.93. The standard InChI is InChI=1S/C12H22N2/c1-3-14(9-11-4-5-11)8-10(2)12-6-13-7-12/h11,13H,3-9H2,1-2H3. The van der Waals surface area contributed by atoms with Gasteiger partial charge in [-0.2, -0.15) is 0 Å². The molecule has 2 rings (SSSR count). The Morgan fingerprint density at radius 2 is 2.14 bits per heavy atom. The summed E-state index contributed by atoms with van der Waals surface area (Å²) in [5.74, 6) is 1.02. The summed E-state index contributed by atoms with van der Waals surface area (Å²) in [6.45, 7) is 10.6. The summed E-state index contributed by atoms with van der Waals surface area (Å²) >= 11 is 0. The summed E-state index contributed by atoms with van der Waals surface area (Å²) in [5, 5.41) is 3.31. The van der Waals surface area contributed by atoms with E-state index in [1.54, 1.807) is 11.1 Å². The zero-order valence-corrected chi connectivity index (χ0v) is 9.47. The van der Waals surface area contributed by atoms with E-state index < -0.39 is 0 Å². The molecule has 2 fully saturated rings. The first-order chi connectivity index (χ1) is 6.79. The predicted molar refractivity (Wildman–Crippen MR) is 60.4 cm³/mol. The van der Waals surface area contributed by atoms with Crippen molar-refractivity contribution in [3.8, 4) is 0 Å². The highest BCUT2D eigenvalue weighted by molar-refractivity contribution is 5.22. The molecule has 80 valence electrons. The number of likely N-dealkylation sites (N-methyl/N-ethyl adjacent to an activating group) is 1. The number of rotatable bonds is 5. The molecule has 2 aliphatic rings. The Morgan fingerprint density at radius 1 is 1.43 bits per heavy atom. The van der Waals surface area contributed by atoms with Crippen LogP contribution in [0.4, 0.5) is 0 Å². The minimum atomic E-state index is 1.02. The lowest BCUT2D eigenvalue weighted by atomic mass is 10.0. The van der Waals surface area contributed by atoms with E-state index in [0.717, 1.165) is 19.0 Å². The van der Waals surface area contributed by atoms with E-state index in [1.165, 1.54) is 32.5 Å². The second kappa shape index (κ2) is 4.45. The molecular formula is C12H22N2. The lowest BCUT2D eigenvalue weighted by Gasteiger charge is -2.26. The number of nitrogens with one attached hydrogen (secondary N) is 1. The number of nitrogens with zero attached hydrogens (tertiary/aromatic N) is 1. The van der Waals surface area contributed by atoms with Crippen LogP contribution in [0.3, 0.4) is 0 Å². The van der Waals surface area contributed by atoms with Crippen molar-refractivity contribution in [3.05, 3.63) is 11.1 Å². The van der Waals surface area contributed by atoms with Crippen LogP contribution in [0.15, 0.2) is 11.1 Å². The van der Waals surface area contributed by atoms with Gasteiger partial charge in [0.15, 0.2) is 0 Å². The molecule has 0 aromatic rings. The molecule has 1 N–H and O–H groups in total. The van der Waals surface area contributed by atoms with Crippen LogP contribution < -0.4 is 5.32 Å². The Hall–Kier alpha value is -0.340. The molecule has 0 radical (unpaired) electrons. The quantitative estimate of drug-likeness (QED) is 0.669. The highest BCUT2D eigenvalue weighted by Crippen LogP contribution is 2.29. The Morgan fingerprint density at radius 3 is 2.57 bits per heavy atom. The summed E-state index contributed by atoms with van der Waals surface area (Å²) in [4.78, 5) is 2.60. The number of hydrogen-bond donors (Lipinski definition) is 1. The van der Waals surface area contributed by atoms with Crippen LogP contribution in [0.25, 0.3) is 0 Å². The van der Waals surface area contributed by atoms with Gasteiger partial charge in [0.05, 0.1) is 0 Å². The van der Waals surface area contributed by atoms with Gasteiger partial charge in [0.25, 0.3) is 0 Å². The Bertz CT molecular complexity index is 222. The molecule has 14 heavy (non-hydrogen) atoms. The molecule has 1 saturated heterocycles. The van der Waals surface area contributed by atoms with Crippen LogP contribution in [0.2, 0.25) is 0 Å². The molecule has 1 aliphatic heterocycles. The zero-order chi connectivity index (χ0) is 9.97. The highest BCUT2D eigenvalue weighted by Gasteiger charge is 2.24. The normalized spacial score (nSPS) is 21.2. The summed E-state index contributed by atoms with van der Waals surface area (Å²) in [7, 11) is 0. The van der Waals surface area contributed by atoms with E-state index >= 15 is 0 Å². The van der Waals surface area contributed by atoms with Gasteiger partial charge in [0, 0.05) is 26.2 Å². The average Bonchev–Trinajstić information content (AvgIpc) is 2.83. The predicted octanol–water partition coefficient (Wildman–Crippen LogP) is 1.64. The van der Waals surface area contributed by atoms with Crippen LogP contribution in [0, 0.1) is 5.92 Å². The van der Waals surface area contributed by atoms with Crippen LogP contribution in [-0.2, 0) is 0 Å². The molecule has 0 amide bonds. The molecule has 1 heterocycles. The van der Waals surface area contributed by atoms with E-state index in [2.05, 4.69) is 24.1 Å². The van der Waals surface area contributed by atoms with Crippen LogP contribution in [-0.4, -0.2) is 37.6 Å². The monoisotopic (exact) mass is 194 g/mol. The molecule has 0 spiro atoms. The van der Waals surface area contributed by atoms with Gasteiger partial charge in [0.1, 0.15) is 0 Å². The van der Waals surface area contributed by atoms with E-state index in [-0.39, 0.29) is 0 Å². The fourth-order valence-corrected chi connectivity index (χ4v) is 1.97. The smallest absolute Gasteiger partial charge is 0.0193 e. The van der Waals surface area contributed by atoms with Gasteiger partial charge in [0.2, 0.25) is 0 Å². The first-order valence-corrected chi connectivity index (χ1v) is 5.90. The zero-order valence-electron chi connectivity index (χ0n) is 9.47. The molecule has 0 atom stereocenters. The first kappa shape index (κ1) is 10.2. The third kappa shape index (κ3) is 2.58. The molecule has 1 saturated carbocycles. The highest BCUT2D eigenvalue weighted by atomic mass is 15.1. The van der Waals surface area contributed by atoms with Crippen molar-refractivity contribution in [1.82, 2.24) is 10.2 Å². The molecule has 0 unspecified atom stereocenters. The maximum atomic E-state index is 3.31. The lowest BCUT2D eigenvalue weighted by molar-refractivity contribution is 0.297. The fraction of sp³-hybridized carbons (Fsp3) is 0.833. The SMILES string of the molecule is CCN(CC(C)=C1CNC1)CC1CC1. The molecule has 0 bridgehead atoms. The van der Waals surface area contributed by atoms with Gasteiger partial charge in [-0.05, 0) is 37.8 Å². The summed E-state index contributed by atoms with van der Waals surface area (Å²) < 4.78 is 0. The third-order valence-corrected chi connectivity index (χ3v) is 3.40. The molecule has 0 aromatic carbocycles. The van der Waals surface area contributed by atoms with Gasteiger partial charge in [-0.3, -0.25) is 4.90 Å². The van der Waals surface area contributed by atoms with Crippen LogP contribution in [0.1, 0.15) is 26.7 Å². The van der Waals surface area contributed by atoms with Crippen molar-refractivity contribution in [3.63, 3.8) is 0 Å². The van der Waals surface area contributed by atoms with Gasteiger partial charge in [-0.15, -0.1) is 0 Å².